The fraction of sp³-hybridized carbons (Fsp3) is 0.189. The third-order valence-corrected chi connectivity index (χ3v) is 7.29. The van der Waals surface area contributed by atoms with Gasteiger partial charge in [0, 0.05) is 5.56 Å². The van der Waals surface area contributed by atoms with Gasteiger partial charge in [-0.05, 0) is 64.9 Å². The summed E-state index contributed by atoms with van der Waals surface area (Å²) in [5.41, 5.74) is 12.1. The molecule has 0 bridgehead atoms. The number of ether oxygens (including phenoxy) is 1. The number of halogens is 3. The number of methoxy groups -OCH3 is 1. The van der Waals surface area contributed by atoms with Crippen LogP contribution in [0.25, 0.3) is 17.2 Å². The Morgan fingerprint density at radius 1 is 0.875 bits per heavy atom. The largest absolute Gasteiger partial charge is 0.542 e. The molecule has 0 spiro atoms. The van der Waals surface area contributed by atoms with Gasteiger partial charge in [0.15, 0.2) is 0 Å². The van der Waals surface area contributed by atoms with Gasteiger partial charge >= 0.3 is 12.1 Å². The second-order valence-electron chi connectivity index (χ2n) is 10.7. The number of benzene rings is 4. The van der Waals surface area contributed by atoms with Crippen LogP contribution in [0.15, 0.2) is 109 Å². The molecule has 0 aliphatic rings. The number of carbonyl (C=O) groups excluding carboxylic acids is 3. The van der Waals surface area contributed by atoms with E-state index >= 15 is 0 Å². The molecule has 0 saturated carbocycles. The molecule has 2 atom stereocenters. The molecule has 48 heavy (non-hydrogen) atoms. The molecule has 0 unspecified atom stereocenters. The van der Waals surface area contributed by atoms with Gasteiger partial charge in [0.05, 0.1) is 24.6 Å². The first-order valence-corrected chi connectivity index (χ1v) is 14.9. The van der Waals surface area contributed by atoms with Crippen LogP contribution in [0, 0.1) is 5.92 Å². The van der Waals surface area contributed by atoms with Gasteiger partial charge in [-0.1, -0.05) is 97.9 Å². The highest BCUT2D eigenvalue weighted by atomic mass is 19.4. The topological polar surface area (TPSA) is 147 Å². The number of carboxylic acids is 1. The van der Waals surface area contributed by atoms with Crippen molar-refractivity contribution in [2.75, 3.05) is 7.11 Å². The Balaban J connectivity index is 0.000000804. The van der Waals surface area contributed by atoms with Crippen molar-refractivity contribution >= 4 is 29.8 Å². The third-order valence-electron chi connectivity index (χ3n) is 7.29. The Hall–Kier alpha value is -5.71. The van der Waals surface area contributed by atoms with Crippen molar-refractivity contribution in [3.05, 3.63) is 137 Å². The van der Waals surface area contributed by atoms with Gasteiger partial charge in [0.1, 0.15) is 5.97 Å². The van der Waals surface area contributed by atoms with E-state index in [1.54, 1.807) is 12.1 Å². The molecule has 0 aliphatic heterocycles. The highest BCUT2D eigenvalue weighted by Gasteiger charge is 2.30. The molecular formula is C37H36F3N3O5. The van der Waals surface area contributed by atoms with Crippen LogP contribution in [0.1, 0.15) is 39.5 Å². The first-order valence-electron chi connectivity index (χ1n) is 14.9. The van der Waals surface area contributed by atoms with Crippen LogP contribution in [0.2, 0.25) is 0 Å². The summed E-state index contributed by atoms with van der Waals surface area (Å²) in [4.78, 5) is 35.4. The van der Waals surface area contributed by atoms with Crippen molar-refractivity contribution in [3.8, 4) is 11.1 Å². The number of hydrogen-bond acceptors (Lipinski definition) is 5. The summed E-state index contributed by atoms with van der Waals surface area (Å²) in [6.07, 6.45) is -0.195. The van der Waals surface area contributed by atoms with Gasteiger partial charge in [-0.2, -0.15) is 13.2 Å². The molecule has 4 aromatic carbocycles. The highest BCUT2D eigenvalue weighted by Crippen LogP contribution is 2.23. The molecule has 0 saturated heterocycles. The highest BCUT2D eigenvalue weighted by molar-refractivity contribution is 5.95. The standard InChI is InChI=1S/C35H35N3O3.C2HF3O2/c1-3-24-11-7-13-29(21-24)27-16-18-28(19-17-27)34(39)38-32(20-15-25-9-5-4-6-10-25)31(35(40)41-2)23-26-12-8-14-30(22-26)33(36)37;3-2(4,5)1(6)7/h4-22,31-32H,3,23H2,1-2H3,(H3,36,37)(H,38,39);(H,6,7)/b20-15+;/t31-,32-;/m1./s1. The van der Waals surface area contributed by atoms with Gasteiger partial charge in [-0.15, -0.1) is 0 Å². The molecule has 1 amide bonds. The number of amidine groups is 1. The Morgan fingerprint density at radius 2 is 1.50 bits per heavy atom. The average molecular weight is 660 g/mol. The number of nitrogens with two attached hydrogens (primary N) is 2. The number of amides is 1. The zero-order chi connectivity index (χ0) is 35.3. The quantitative estimate of drug-likeness (QED) is 0.128. The van der Waals surface area contributed by atoms with E-state index in [0.717, 1.165) is 28.7 Å². The van der Waals surface area contributed by atoms with Gasteiger partial charge in [-0.3, -0.25) is 20.7 Å². The molecule has 250 valence electrons. The summed E-state index contributed by atoms with van der Waals surface area (Å²) in [5.74, 6) is -4.24. The Morgan fingerprint density at radius 3 is 2.08 bits per heavy atom. The second-order valence-corrected chi connectivity index (χ2v) is 10.7. The summed E-state index contributed by atoms with van der Waals surface area (Å²) in [7, 11) is 1.35. The number of hydrogen-bond donors (Lipinski definition) is 3. The van der Waals surface area contributed by atoms with Crippen molar-refractivity contribution in [2.45, 2.75) is 32.0 Å². The predicted octanol–water partition coefficient (Wildman–Crippen LogP) is 3.52. The van der Waals surface area contributed by atoms with Gasteiger partial charge in [0.2, 0.25) is 0 Å². The summed E-state index contributed by atoms with van der Waals surface area (Å²) in [6, 6.07) is 32.3. The Bertz CT molecular complexity index is 1740. The molecule has 0 aliphatic carbocycles. The lowest BCUT2D eigenvalue weighted by Crippen LogP contribution is -2.46. The summed E-state index contributed by atoms with van der Waals surface area (Å²) < 4.78 is 36.7. The number of alkyl halides is 3. The minimum Gasteiger partial charge on any atom is -0.542 e. The number of esters is 1. The van der Waals surface area contributed by atoms with Crippen LogP contribution in [0.5, 0.6) is 0 Å². The summed E-state index contributed by atoms with van der Waals surface area (Å²) in [6.45, 7) is 2.12. The molecule has 8 nitrogen and oxygen atoms in total. The maximum atomic E-state index is 13.5. The van der Waals surface area contributed by atoms with Crippen molar-refractivity contribution < 1.29 is 42.8 Å². The minimum atomic E-state index is -5.19. The number of carbonyl (C=O) groups is 3. The maximum Gasteiger partial charge on any atom is 0.430 e. The number of nitrogens with one attached hydrogen (secondary N) is 1. The summed E-state index contributed by atoms with van der Waals surface area (Å²) in [5, 5.41) is 17.7. The predicted molar refractivity (Wildman–Crippen MR) is 175 cm³/mol. The molecule has 5 N–H and O–H groups in total. The van der Waals surface area contributed by atoms with Crippen LogP contribution in [-0.2, 0) is 27.2 Å². The van der Waals surface area contributed by atoms with E-state index < -0.39 is 30.1 Å². The van der Waals surface area contributed by atoms with Crippen LogP contribution in [0.3, 0.4) is 0 Å². The lowest BCUT2D eigenvalue weighted by atomic mass is 9.90. The van der Waals surface area contributed by atoms with Crippen LogP contribution < -0.4 is 21.6 Å². The second kappa shape index (κ2) is 17.3. The SMILES string of the molecule is CCc1cccc(-c2ccc(C(=O)N[C@H](/C=C/c3ccccc3)[C@@H](Cc3cccc(C(N)=[NH2+])c3)C(=O)OC)cc2)c1.O=C([O-])C(F)(F)F. The molecule has 0 aromatic heterocycles. The Labute approximate surface area is 276 Å². The van der Waals surface area contributed by atoms with Crippen molar-refractivity contribution in [3.63, 3.8) is 0 Å². The molecule has 4 rings (SSSR count). The first kappa shape index (κ1) is 36.8. The maximum absolute atomic E-state index is 13.5. The fourth-order valence-electron chi connectivity index (χ4n) is 4.72. The van der Waals surface area contributed by atoms with Gasteiger partial charge in [-0.25, -0.2) is 0 Å². The number of aliphatic carboxylic acids is 1. The van der Waals surface area contributed by atoms with Crippen LogP contribution >= 0.6 is 0 Å². The van der Waals surface area contributed by atoms with E-state index in [9.17, 15) is 22.8 Å². The van der Waals surface area contributed by atoms with Crippen molar-refractivity contribution in [1.82, 2.24) is 5.32 Å². The molecule has 0 heterocycles. The van der Waals surface area contributed by atoms with Crippen molar-refractivity contribution in [1.29, 1.82) is 0 Å². The number of aryl methyl sites for hydroxylation is 1. The van der Waals surface area contributed by atoms with E-state index in [1.807, 2.05) is 84.9 Å². The average Bonchev–Trinajstić information content (AvgIpc) is 3.09. The van der Waals surface area contributed by atoms with E-state index in [1.165, 1.54) is 12.7 Å². The number of carboxylic acid groups (broad SMARTS) is 1. The zero-order valence-electron chi connectivity index (χ0n) is 26.4. The zero-order valence-corrected chi connectivity index (χ0v) is 26.4. The van der Waals surface area contributed by atoms with Crippen molar-refractivity contribution in [2.24, 2.45) is 11.7 Å². The normalized spacial score (nSPS) is 12.3. The molecule has 0 fully saturated rings. The lowest BCUT2D eigenvalue weighted by molar-refractivity contribution is -0.344. The number of rotatable bonds is 11. The smallest absolute Gasteiger partial charge is 0.430 e. The van der Waals surface area contributed by atoms with Gasteiger partial charge < -0.3 is 20.0 Å². The Kier molecular flexibility index (Phi) is 13.2. The molecule has 4 aromatic rings. The first-order chi connectivity index (χ1) is 22.8. The fourth-order valence-corrected chi connectivity index (χ4v) is 4.72. The van der Waals surface area contributed by atoms with Gasteiger partial charge in [0.25, 0.3) is 11.7 Å². The van der Waals surface area contributed by atoms with E-state index in [-0.39, 0.29) is 11.7 Å². The molecule has 11 heteroatoms. The van der Waals surface area contributed by atoms with Crippen LogP contribution in [0.4, 0.5) is 13.2 Å². The monoisotopic (exact) mass is 659 g/mol. The lowest BCUT2D eigenvalue weighted by Gasteiger charge is -2.24. The molecular weight excluding hydrogens is 623 g/mol. The molecule has 0 radical (unpaired) electrons. The van der Waals surface area contributed by atoms with E-state index in [4.69, 9.17) is 25.8 Å². The minimum absolute atomic E-state index is 0.195. The third kappa shape index (κ3) is 11.0. The van der Waals surface area contributed by atoms with E-state index in [2.05, 4.69) is 30.4 Å². The summed E-state index contributed by atoms with van der Waals surface area (Å²) >= 11 is 0. The van der Waals surface area contributed by atoms with Crippen LogP contribution in [-0.4, -0.2) is 43.0 Å². The van der Waals surface area contributed by atoms with E-state index in [0.29, 0.717) is 17.5 Å².